The Balaban J connectivity index is 1.13. The maximum atomic E-state index is 4.75. The molecule has 3 heterocycles. The summed E-state index contributed by atoms with van der Waals surface area (Å²) in [5.41, 5.74) is 22.9. The second-order valence-corrected chi connectivity index (χ2v) is 17.2. The van der Waals surface area contributed by atoms with Crippen LogP contribution in [0.15, 0.2) is 193 Å². The van der Waals surface area contributed by atoms with Crippen LogP contribution in [0.1, 0.15) is 61.2 Å². The van der Waals surface area contributed by atoms with Crippen LogP contribution in [0.4, 0.5) is 5.69 Å². The molecule has 2 nitrogen and oxygen atoms in total. The Hall–Kier alpha value is -6.94. The van der Waals surface area contributed by atoms with Gasteiger partial charge in [-0.3, -0.25) is 4.98 Å². The molecule has 0 fully saturated rings. The molecule has 8 aromatic rings. The van der Waals surface area contributed by atoms with E-state index in [0.717, 1.165) is 28.7 Å². The summed E-state index contributed by atoms with van der Waals surface area (Å²) >= 11 is 1.83. The van der Waals surface area contributed by atoms with Gasteiger partial charge in [0.15, 0.2) is 0 Å². The molecule has 3 heteroatoms. The predicted molar refractivity (Wildman–Crippen MR) is 246 cm³/mol. The number of anilines is 1. The molecule has 0 bridgehead atoms. The average molecular weight is 769 g/mol. The minimum Gasteiger partial charge on any atom is -0.379 e. The van der Waals surface area contributed by atoms with Crippen LogP contribution in [-0.4, -0.2) is 11.5 Å². The molecule has 276 valence electrons. The number of fused-ring (bicyclic) bond motifs is 21. The Labute approximate surface area is 348 Å². The lowest BCUT2D eigenvalue weighted by Gasteiger charge is -2.49. The molecule has 0 amide bonds. The Kier molecular flexibility index (Phi) is 6.75. The van der Waals surface area contributed by atoms with Gasteiger partial charge in [0, 0.05) is 28.6 Å². The van der Waals surface area contributed by atoms with Crippen molar-refractivity contribution in [3.63, 3.8) is 0 Å². The summed E-state index contributed by atoms with van der Waals surface area (Å²) in [6, 6.07) is 57.5. The number of allylic oxidation sites excluding steroid dienone is 4. The van der Waals surface area contributed by atoms with E-state index in [1.807, 2.05) is 24.0 Å². The average Bonchev–Trinajstić information content (AvgIpc) is 3.75. The zero-order valence-corrected chi connectivity index (χ0v) is 33.0. The van der Waals surface area contributed by atoms with Gasteiger partial charge in [-0.05, 0) is 113 Å². The first kappa shape index (κ1) is 33.1. The number of hydrogen-bond donors (Lipinski definition) is 1. The van der Waals surface area contributed by atoms with E-state index in [-0.39, 0.29) is 0 Å². The highest BCUT2D eigenvalue weighted by Crippen LogP contribution is 2.68. The number of benzene rings is 7. The van der Waals surface area contributed by atoms with Crippen molar-refractivity contribution < 1.29 is 0 Å². The number of pyridine rings is 1. The van der Waals surface area contributed by atoms with Gasteiger partial charge in [0.25, 0.3) is 0 Å². The summed E-state index contributed by atoms with van der Waals surface area (Å²) in [4.78, 5) is 6.01. The van der Waals surface area contributed by atoms with Gasteiger partial charge >= 0.3 is 0 Å². The van der Waals surface area contributed by atoms with Crippen molar-refractivity contribution in [2.45, 2.75) is 15.7 Å². The van der Waals surface area contributed by atoms with Crippen LogP contribution in [0, 0.1) is 0 Å². The van der Waals surface area contributed by atoms with Crippen LogP contribution in [0.2, 0.25) is 0 Å². The van der Waals surface area contributed by atoms with Crippen molar-refractivity contribution in [1.82, 2.24) is 4.98 Å². The van der Waals surface area contributed by atoms with E-state index in [9.17, 15) is 0 Å². The Bertz CT molecular complexity index is 3190. The molecule has 5 aliphatic rings. The summed E-state index contributed by atoms with van der Waals surface area (Å²) < 4.78 is 0. The van der Waals surface area contributed by atoms with E-state index in [1.165, 1.54) is 93.9 Å². The zero-order chi connectivity index (χ0) is 38.9. The minimum atomic E-state index is -0.597. The molecule has 1 N–H and O–H groups in total. The monoisotopic (exact) mass is 768 g/mol. The highest BCUT2D eigenvalue weighted by atomic mass is 32.2. The first-order valence-electron chi connectivity index (χ1n) is 20.4. The predicted octanol–water partition coefficient (Wildman–Crippen LogP) is 13.4. The first-order chi connectivity index (χ1) is 29.2. The molecule has 0 saturated heterocycles. The van der Waals surface area contributed by atoms with Gasteiger partial charge in [-0.15, -0.1) is 0 Å². The number of thioether (sulfide) groups is 1. The molecule has 59 heavy (non-hydrogen) atoms. The highest BCUT2D eigenvalue weighted by molar-refractivity contribution is 8.02. The van der Waals surface area contributed by atoms with Gasteiger partial charge in [-0.1, -0.05) is 176 Å². The smallest absolute Gasteiger partial charge is 0.0939 e. The van der Waals surface area contributed by atoms with Crippen LogP contribution in [0.5, 0.6) is 0 Å². The zero-order valence-electron chi connectivity index (χ0n) is 32.2. The lowest BCUT2D eigenvalue weighted by Crippen LogP contribution is -2.44. The molecule has 0 atom stereocenters. The number of nitrogens with zero attached hydrogens (tertiary/aromatic N) is 1. The molecule has 0 saturated carbocycles. The fourth-order valence-corrected chi connectivity index (χ4v) is 12.4. The van der Waals surface area contributed by atoms with E-state index < -0.39 is 10.8 Å². The summed E-state index contributed by atoms with van der Waals surface area (Å²) in [5.74, 6) is 0. The number of aromatic nitrogens is 1. The van der Waals surface area contributed by atoms with Crippen LogP contribution >= 0.6 is 11.8 Å². The van der Waals surface area contributed by atoms with E-state index in [1.54, 1.807) is 0 Å². The third-order valence-electron chi connectivity index (χ3n) is 13.7. The Morgan fingerprint density at radius 2 is 1.20 bits per heavy atom. The van der Waals surface area contributed by atoms with Gasteiger partial charge in [0.05, 0.1) is 22.0 Å². The van der Waals surface area contributed by atoms with Crippen molar-refractivity contribution in [3.8, 4) is 22.3 Å². The fourth-order valence-electron chi connectivity index (χ4n) is 11.4. The molecule has 0 unspecified atom stereocenters. The van der Waals surface area contributed by atoms with E-state index >= 15 is 0 Å². The molecular weight excluding hydrogens is 733 g/mol. The van der Waals surface area contributed by atoms with Gasteiger partial charge in [-0.2, -0.15) is 0 Å². The molecule has 1 aromatic heterocycles. The molecule has 13 rings (SSSR count). The molecular formula is C56H36N2S. The van der Waals surface area contributed by atoms with E-state index in [2.05, 4.69) is 187 Å². The molecule has 2 aliphatic heterocycles. The summed E-state index contributed by atoms with van der Waals surface area (Å²) in [7, 11) is 0. The Morgan fingerprint density at radius 1 is 0.559 bits per heavy atom. The lowest BCUT2D eigenvalue weighted by atomic mass is 9.52. The number of hydrogen-bond acceptors (Lipinski definition) is 3. The summed E-state index contributed by atoms with van der Waals surface area (Å²) in [6.45, 7) is 5.35. The van der Waals surface area contributed by atoms with Crippen molar-refractivity contribution in [1.29, 1.82) is 0 Å². The maximum absolute atomic E-state index is 4.75. The standard InChI is InChI=1S/C56H36N2S/c1-34-13-10-11-30-59-54-39(34)26-27-42-43-32-36(38-31-37-24-23-35-14-12-29-57-52(35)53(37)58-33-38)25-28-46(43)56(51(42)54)49-21-8-6-19-47(49)55(48-20-7-9-22-50(48)56)44-17-4-2-15-40(44)41-16-3-5-18-45(41)55/h2-32,58H,1,33H2/b13-10-,30-11-. The quantitative estimate of drug-likeness (QED) is 0.180. The van der Waals surface area contributed by atoms with Gasteiger partial charge in [0.2, 0.25) is 0 Å². The van der Waals surface area contributed by atoms with Crippen LogP contribution in [0.3, 0.4) is 0 Å². The van der Waals surface area contributed by atoms with Crippen molar-refractivity contribution in [3.05, 3.63) is 249 Å². The van der Waals surface area contributed by atoms with Crippen molar-refractivity contribution >= 4 is 45.6 Å². The van der Waals surface area contributed by atoms with E-state index in [0.29, 0.717) is 0 Å². The van der Waals surface area contributed by atoms with Gasteiger partial charge < -0.3 is 5.32 Å². The SMILES string of the molecule is C=C1/C=C\C=C/Sc2c1ccc1c2C2(c3ccc(C4=Cc5ccc6cccnc6c5NC4)cc3-1)c1ccccc1C1(c3ccccc3-c3ccccc31)c1ccccc12. The minimum absolute atomic E-state index is 0.484. The second kappa shape index (κ2) is 12.0. The first-order valence-corrected chi connectivity index (χ1v) is 21.3. The number of nitrogens with one attached hydrogen (secondary N) is 1. The van der Waals surface area contributed by atoms with Gasteiger partial charge in [-0.25, -0.2) is 0 Å². The maximum Gasteiger partial charge on any atom is 0.0939 e. The third kappa shape index (κ3) is 4.15. The third-order valence-corrected chi connectivity index (χ3v) is 14.6. The van der Waals surface area contributed by atoms with Crippen molar-refractivity contribution in [2.24, 2.45) is 0 Å². The molecule has 0 radical (unpaired) electrons. The molecule has 7 aromatic carbocycles. The fraction of sp³-hybridized carbons (Fsp3) is 0.0536. The van der Waals surface area contributed by atoms with Crippen LogP contribution in [0.25, 0.3) is 50.4 Å². The summed E-state index contributed by atoms with van der Waals surface area (Å²) in [6.07, 6.45) is 10.6. The highest BCUT2D eigenvalue weighted by Gasteiger charge is 2.59. The van der Waals surface area contributed by atoms with Crippen LogP contribution in [-0.2, 0) is 10.8 Å². The van der Waals surface area contributed by atoms with Crippen molar-refractivity contribution in [2.75, 3.05) is 11.9 Å². The lowest BCUT2D eigenvalue weighted by molar-refractivity contribution is 0.626. The normalized spacial score (nSPS) is 17.5. The van der Waals surface area contributed by atoms with Gasteiger partial charge in [0.1, 0.15) is 0 Å². The van der Waals surface area contributed by atoms with E-state index in [4.69, 9.17) is 4.98 Å². The number of rotatable bonds is 1. The Morgan fingerprint density at radius 3 is 1.93 bits per heavy atom. The topological polar surface area (TPSA) is 24.9 Å². The largest absolute Gasteiger partial charge is 0.379 e. The summed E-state index contributed by atoms with van der Waals surface area (Å²) in [5, 5.41) is 7.16. The molecule has 2 spiro atoms. The second-order valence-electron chi connectivity index (χ2n) is 16.3. The van der Waals surface area contributed by atoms with Crippen LogP contribution < -0.4 is 5.32 Å². The molecule has 3 aliphatic carbocycles.